The predicted molar refractivity (Wildman–Crippen MR) is 122 cm³/mol. The number of imidazole rings is 1. The van der Waals surface area contributed by atoms with Crippen molar-refractivity contribution in [2.45, 2.75) is 70.0 Å². The van der Waals surface area contributed by atoms with Crippen molar-refractivity contribution in [3.63, 3.8) is 0 Å². The van der Waals surface area contributed by atoms with Crippen LogP contribution < -0.4 is 0 Å². The maximum absolute atomic E-state index is 13.2. The van der Waals surface area contributed by atoms with Crippen LogP contribution in [0.1, 0.15) is 62.4 Å². The molecule has 1 saturated carbocycles. The Bertz CT molecular complexity index is 1020. The third kappa shape index (κ3) is 5.45. The standard InChI is InChI=1S/C24H33N3O3S/c1-5-14-26(23(28)21-8-6-7-9-21)16-22-15-25-24(27(22)18(2)3)31(29,30)17-20-12-10-19(4)11-13-20/h5,10-13,15,18,21H,1,6-9,14,16-17H2,2-4H3. The first-order valence-corrected chi connectivity index (χ1v) is 12.6. The van der Waals surface area contributed by atoms with E-state index in [9.17, 15) is 13.2 Å². The highest BCUT2D eigenvalue weighted by molar-refractivity contribution is 7.90. The van der Waals surface area contributed by atoms with Crippen molar-refractivity contribution in [2.75, 3.05) is 6.54 Å². The van der Waals surface area contributed by atoms with Crippen molar-refractivity contribution in [1.29, 1.82) is 0 Å². The first kappa shape index (κ1) is 23.3. The van der Waals surface area contributed by atoms with Crippen LogP contribution in [0.25, 0.3) is 0 Å². The monoisotopic (exact) mass is 443 g/mol. The quantitative estimate of drug-likeness (QED) is 0.537. The Kier molecular flexibility index (Phi) is 7.36. The summed E-state index contributed by atoms with van der Waals surface area (Å²) in [5, 5.41) is 0.0601. The van der Waals surface area contributed by atoms with E-state index < -0.39 is 9.84 Å². The molecule has 1 aromatic heterocycles. The highest BCUT2D eigenvalue weighted by Crippen LogP contribution is 2.28. The summed E-state index contributed by atoms with van der Waals surface area (Å²) < 4.78 is 28.2. The average molecular weight is 444 g/mol. The Morgan fingerprint density at radius 1 is 1.26 bits per heavy atom. The smallest absolute Gasteiger partial charge is 0.228 e. The highest BCUT2D eigenvalue weighted by Gasteiger charge is 2.30. The molecule has 0 saturated heterocycles. The predicted octanol–water partition coefficient (Wildman–Crippen LogP) is 4.45. The Morgan fingerprint density at radius 2 is 1.90 bits per heavy atom. The first-order chi connectivity index (χ1) is 14.7. The number of amides is 1. The van der Waals surface area contributed by atoms with E-state index in [1.165, 1.54) is 0 Å². The number of aryl methyl sites for hydroxylation is 1. The third-order valence-corrected chi connectivity index (χ3v) is 7.40. The van der Waals surface area contributed by atoms with Crippen LogP contribution in [0.15, 0.2) is 48.3 Å². The minimum absolute atomic E-state index is 0.0557. The summed E-state index contributed by atoms with van der Waals surface area (Å²) in [6.45, 7) is 10.4. The Hall–Kier alpha value is -2.41. The molecule has 1 aliphatic rings. The summed E-state index contributed by atoms with van der Waals surface area (Å²) in [5.74, 6) is 0.0754. The van der Waals surface area contributed by atoms with Crippen molar-refractivity contribution >= 4 is 15.7 Å². The largest absolute Gasteiger partial charge is 0.333 e. The fourth-order valence-corrected chi connectivity index (χ4v) is 5.86. The van der Waals surface area contributed by atoms with Crippen molar-refractivity contribution in [3.05, 3.63) is 59.9 Å². The molecule has 0 N–H and O–H groups in total. The fraction of sp³-hybridized carbons (Fsp3) is 0.500. The number of hydrogen-bond donors (Lipinski definition) is 0. The van der Waals surface area contributed by atoms with Gasteiger partial charge in [-0.15, -0.1) is 6.58 Å². The number of hydrogen-bond acceptors (Lipinski definition) is 4. The molecule has 7 heteroatoms. The summed E-state index contributed by atoms with van der Waals surface area (Å²) >= 11 is 0. The molecule has 1 fully saturated rings. The van der Waals surface area contributed by atoms with E-state index in [1.807, 2.05) is 45.0 Å². The molecule has 3 rings (SSSR count). The molecule has 0 spiro atoms. The summed E-state index contributed by atoms with van der Waals surface area (Å²) in [6, 6.07) is 7.39. The lowest BCUT2D eigenvalue weighted by Gasteiger charge is -2.26. The molecule has 2 aromatic rings. The second-order valence-corrected chi connectivity index (χ2v) is 10.6. The van der Waals surface area contributed by atoms with Crippen LogP contribution in [0, 0.1) is 12.8 Å². The summed E-state index contributed by atoms with van der Waals surface area (Å²) in [7, 11) is -3.64. The van der Waals surface area contributed by atoms with Gasteiger partial charge >= 0.3 is 0 Å². The summed E-state index contributed by atoms with van der Waals surface area (Å²) in [5.41, 5.74) is 2.54. The van der Waals surface area contributed by atoms with Gasteiger partial charge in [-0.1, -0.05) is 48.7 Å². The molecule has 1 aromatic carbocycles. The van der Waals surface area contributed by atoms with Gasteiger partial charge in [-0.25, -0.2) is 13.4 Å². The lowest BCUT2D eigenvalue weighted by atomic mass is 10.1. The number of benzene rings is 1. The number of sulfone groups is 1. The van der Waals surface area contributed by atoms with Gasteiger partial charge in [0.2, 0.25) is 20.9 Å². The maximum atomic E-state index is 13.2. The lowest BCUT2D eigenvalue weighted by Crippen LogP contribution is -2.35. The van der Waals surface area contributed by atoms with E-state index in [4.69, 9.17) is 0 Å². The number of aromatic nitrogens is 2. The minimum Gasteiger partial charge on any atom is -0.333 e. The van der Waals surface area contributed by atoms with E-state index in [-0.39, 0.29) is 28.8 Å². The molecule has 1 aliphatic carbocycles. The molecule has 1 heterocycles. The van der Waals surface area contributed by atoms with Crippen molar-refractivity contribution in [3.8, 4) is 0 Å². The van der Waals surface area contributed by atoms with E-state index in [0.717, 1.165) is 42.5 Å². The molecule has 31 heavy (non-hydrogen) atoms. The van der Waals surface area contributed by atoms with Crippen LogP contribution in [0.2, 0.25) is 0 Å². The summed E-state index contributed by atoms with van der Waals surface area (Å²) in [6.07, 6.45) is 7.34. The molecule has 1 amide bonds. The second kappa shape index (κ2) is 9.81. The van der Waals surface area contributed by atoms with E-state index in [1.54, 1.807) is 21.7 Å². The maximum Gasteiger partial charge on any atom is 0.228 e. The van der Waals surface area contributed by atoms with Crippen molar-refractivity contribution in [1.82, 2.24) is 14.5 Å². The van der Waals surface area contributed by atoms with Gasteiger partial charge in [0.05, 0.1) is 24.2 Å². The van der Waals surface area contributed by atoms with E-state index in [0.29, 0.717) is 13.1 Å². The molecule has 168 valence electrons. The Labute approximate surface area is 185 Å². The number of nitrogens with zero attached hydrogens (tertiary/aromatic N) is 3. The molecule has 0 bridgehead atoms. The number of rotatable bonds is 9. The van der Waals surface area contributed by atoms with Crippen molar-refractivity contribution < 1.29 is 13.2 Å². The van der Waals surface area contributed by atoms with Gasteiger partial charge < -0.3 is 9.47 Å². The van der Waals surface area contributed by atoms with Crippen LogP contribution in [0.3, 0.4) is 0 Å². The van der Waals surface area contributed by atoms with Gasteiger partial charge in [0.1, 0.15) is 0 Å². The minimum atomic E-state index is -3.64. The lowest BCUT2D eigenvalue weighted by molar-refractivity contribution is -0.135. The average Bonchev–Trinajstić information content (AvgIpc) is 3.39. The molecular weight excluding hydrogens is 410 g/mol. The van der Waals surface area contributed by atoms with Crippen molar-refractivity contribution in [2.24, 2.45) is 5.92 Å². The van der Waals surface area contributed by atoms with Crippen LogP contribution in [0.4, 0.5) is 0 Å². The van der Waals surface area contributed by atoms with Crippen LogP contribution in [0.5, 0.6) is 0 Å². The first-order valence-electron chi connectivity index (χ1n) is 11.0. The molecule has 0 radical (unpaired) electrons. The summed E-state index contributed by atoms with van der Waals surface area (Å²) in [4.78, 5) is 19.1. The molecule has 0 aliphatic heterocycles. The van der Waals surface area contributed by atoms with Crippen LogP contribution in [-0.4, -0.2) is 35.3 Å². The zero-order chi connectivity index (χ0) is 22.6. The SMILES string of the molecule is C=CCN(Cc1cnc(S(=O)(=O)Cc2ccc(C)cc2)n1C(C)C)C(=O)C1CCCC1. The fourth-order valence-electron chi connectivity index (χ4n) is 4.26. The number of carbonyl (C=O) groups is 1. The third-order valence-electron chi connectivity index (χ3n) is 5.83. The van der Waals surface area contributed by atoms with Crippen LogP contribution in [-0.2, 0) is 26.9 Å². The zero-order valence-corrected chi connectivity index (χ0v) is 19.6. The topological polar surface area (TPSA) is 72.3 Å². The normalized spacial score (nSPS) is 14.8. The highest BCUT2D eigenvalue weighted by atomic mass is 32.2. The van der Waals surface area contributed by atoms with Gasteiger partial charge in [-0.3, -0.25) is 4.79 Å². The molecule has 0 unspecified atom stereocenters. The zero-order valence-electron chi connectivity index (χ0n) is 18.8. The van der Waals surface area contributed by atoms with Gasteiger partial charge in [0.25, 0.3) is 0 Å². The van der Waals surface area contributed by atoms with E-state index >= 15 is 0 Å². The van der Waals surface area contributed by atoms with Gasteiger partial charge in [-0.2, -0.15) is 0 Å². The Morgan fingerprint density at radius 3 is 2.48 bits per heavy atom. The van der Waals surface area contributed by atoms with Gasteiger partial charge in [0, 0.05) is 18.5 Å². The van der Waals surface area contributed by atoms with Gasteiger partial charge in [0.15, 0.2) is 0 Å². The number of carbonyl (C=O) groups excluding carboxylic acids is 1. The molecule has 6 nitrogen and oxygen atoms in total. The second-order valence-electron chi connectivity index (χ2n) is 8.73. The van der Waals surface area contributed by atoms with Gasteiger partial charge in [-0.05, 0) is 39.2 Å². The molecular formula is C24H33N3O3S. The Balaban J connectivity index is 1.88. The van der Waals surface area contributed by atoms with E-state index in [2.05, 4.69) is 11.6 Å². The molecule has 0 atom stereocenters. The van der Waals surface area contributed by atoms with Crippen LogP contribution >= 0.6 is 0 Å².